The standard InChI is InChI=1S/C13H10BrClN4O4/c14-7-3-8-9(12(20)19-5-18-8)11(10(7)15)22-4-6(1-2-16)23-13(17)21/h3,5-6H,1,4H2,(H2,17,21)(H,18,19,20). The van der Waals surface area contributed by atoms with Crippen LogP contribution in [0.5, 0.6) is 5.75 Å². The van der Waals surface area contributed by atoms with E-state index in [0.29, 0.717) is 9.99 Å². The number of ether oxygens (including phenoxy) is 2. The van der Waals surface area contributed by atoms with Gasteiger partial charge in [-0.15, -0.1) is 0 Å². The highest BCUT2D eigenvalue weighted by molar-refractivity contribution is 9.10. The molecular formula is C13H10BrClN4O4. The number of nitrogens with zero attached hydrogens (tertiary/aromatic N) is 2. The van der Waals surface area contributed by atoms with Crippen molar-refractivity contribution >= 4 is 44.5 Å². The lowest BCUT2D eigenvalue weighted by Crippen LogP contribution is -2.28. The van der Waals surface area contributed by atoms with Crippen LogP contribution >= 0.6 is 27.5 Å². The molecule has 0 bridgehead atoms. The molecule has 1 heterocycles. The molecule has 0 aliphatic rings. The number of benzene rings is 1. The van der Waals surface area contributed by atoms with Crippen LogP contribution in [0.3, 0.4) is 0 Å². The average Bonchev–Trinajstić information content (AvgIpc) is 2.48. The van der Waals surface area contributed by atoms with Gasteiger partial charge in [-0.3, -0.25) is 4.79 Å². The van der Waals surface area contributed by atoms with E-state index < -0.39 is 17.8 Å². The third-order valence-corrected chi connectivity index (χ3v) is 4.03. The van der Waals surface area contributed by atoms with Crippen LogP contribution in [0.15, 0.2) is 21.7 Å². The van der Waals surface area contributed by atoms with Crippen molar-refractivity contribution in [2.75, 3.05) is 6.61 Å². The number of fused-ring (bicyclic) bond motifs is 1. The van der Waals surface area contributed by atoms with Gasteiger partial charge in [-0.25, -0.2) is 9.78 Å². The normalized spacial score (nSPS) is 11.7. The second-order valence-corrected chi connectivity index (χ2v) is 5.59. The smallest absolute Gasteiger partial charge is 0.404 e. The molecule has 0 spiro atoms. The minimum Gasteiger partial charge on any atom is -0.487 e. The molecule has 0 aliphatic heterocycles. The summed E-state index contributed by atoms with van der Waals surface area (Å²) in [6.45, 7) is -0.198. The summed E-state index contributed by atoms with van der Waals surface area (Å²) in [5, 5.41) is 9.03. The minimum atomic E-state index is -1.03. The number of nitrogens with two attached hydrogens (primary N) is 1. The largest absolute Gasteiger partial charge is 0.487 e. The number of halogens is 2. The van der Waals surface area contributed by atoms with Gasteiger partial charge in [0.25, 0.3) is 5.56 Å². The third-order valence-electron chi connectivity index (χ3n) is 2.80. The summed E-state index contributed by atoms with van der Waals surface area (Å²) in [5.41, 5.74) is 4.87. The molecule has 8 nitrogen and oxygen atoms in total. The summed E-state index contributed by atoms with van der Waals surface area (Å²) in [6, 6.07) is 3.42. The fourth-order valence-corrected chi connectivity index (χ4v) is 2.46. The van der Waals surface area contributed by atoms with E-state index in [1.54, 1.807) is 6.07 Å². The zero-order valence-electron chi connectivity index (χ0n) is 11.5. The van der Waals surface area contributed by atoms with E-state index in [1.807, 2.05) is 6.07 Å². The number of carbonyl (C=O) groups is 1. The van der Waals surface area contributed by atoms with Crippen molar-refractivity contribution < 1.29 is 14.3 Å². The summed E-state index contributed by atoms with van der Waals surface area (Å²) < 4.78 is 10.8. The molecule has 0 aliphatic carbocycles. The van der Waals surface area contributed by atoms with Crippen LogP contribution in [-0.2, 0) is 4.74 Å². The van der Waals surface area contributed by atoms with Crippen molar-refractivity contribution in [2.45, 2.75) is 12.5 Å². The van der Waals surface area contributed by atoms with Gasteiger partial charge in [0.2, 0.25) is 0 Å². The van der Waals surface area contributed by atoms with Crippen molar-refractivity contribution in [2.24, 2.45) is 5.73 Å². The zero-order valence-corrected chi connectivity index (χ0v) is 13.8. The summed E-state index contributed by atoms with van der Waals surface area (Å²) in [5.74, 6) is 0.0707. The lowest BCUT2D eigenvalue weighted by molar-refractivity contribution is 0.0747. The van der Waals surface area contributed by atoms with E-state index in [4.69, 9.17) is 32.1 Å². The first-order chi connectivity index (χ1) is 10.9. The average molecular weight is 402 g/mol. The van der Waals surface area contributed by atoms with Gasteiger partial charge in [-0.1, -0.05) is 11.6 Å². The molecule has 1 aromatic heterocycles. The molecule has 1 atom stereocenters. The van der Waals surface area contributed by atoms with Crippen LogP contribution in [0.2, 0.25) is 5.02 Å². The molecule has 3 N–H and O–H groups in total. The fourth-order valence-electron chi connectivity index (χ4n) is 1.86. The number of hydrogen-bond acceptors (Lipinski definition) is 6. The molecule has 1 unspecified atom stereocenters. The van der Waals surface area contributed by atoms with Crippen molar-refractivity contribution in [3.63, 3.8) is 0 Å². The Bertz CT molecular complexity index is 848. The van der Waals surface area contributed by atoms with Crippen LogP contribution in [0.4, 0.5) is 4.79 Å². The van der Waals surface area contributed by atoms with E-state index in [0.717, 1.165) is 0 Å². The number of H-pyrrole nitrogens is 1. The Balaban J connectivity index is 2.39. The SMILES string of the molecule is N#CCC(COc1c(Cl)c(Br)cc2nc[nH]c(=O)c12)OC(N)=O. The highest BCUT2D eigenvalue weighted by Gasteiger charge is 2.19. The molecule has 0 radical (unpaired) electrons. The maximum Gasteiger partial charge on any atom is 0.404 e. The van der Waals surface area contributed by atoms with Gasteiger partial charge >= 0.3 is 6.09 Å². The van der Waals surface area contributed by atoms with Crippen LogP contribution < -0.4 is 16.0 Å². The Morgan fingerprint density at radius 3 is 3.00 bits per heavy atom. The van der Waals surface area contributed by atoms with E-state index >= 15 is 0 Å². The number of nitrogens with one attached hydrogen (secondary N) is 1. The number of aromatic amines is 1. The predicted octanol–water partition coefficient (Wildman–Crippen LogP) is 2.10. The van der Waals surface area contributed by atoms with Gasteiger partial charge in [0.05, 0.1) is 29.4 Å². The number of hydrogen-bond donors (Lipinski definition) is 2. The van der Waals surface area contributed by atoms with Crippen molar-refractivity contribution in [3.8, 4) is 11.8 Å². The van der Waals surface area contributed by atoms with E-state index in [2.05, 4.69) is 25.9 Å². The molecule has 2 aromatic rings. The molecule has 10 heteroatoms. The molecule has 23 heavy (non-hydrogen) atoms. The number of rotatable bonds is 5. The molecule has 1 aromatic carbocycles. The Hall–Kier alpha value is -2.31. The first-order valence-electron chi connectivity index (χ1n) is 6.25. The van der Waals surface area contributed by atoms with Crippen LogP contribution in [-0.4, -0.2) is 28.8 Å². The number of nitriles is 1. The maximum absolute atomic E-state index is 12.0. The molecule has 2 rings (SSSR count). The van der Waals surface area contributed by atoms with E-state index in [1.165, 1.54) is 6.33 Å². The van der Waals surface area contributed by atoms with E-state index in [9.17, 15) is 9.59 Å². The monoisotopic (exact) mass is 400 g/mol. The quantitative estimate of drug-likeness (QED) is 0.788. The second kappa shape index (κ2) is 7.30. The van der Waals surface area contributed by atoms with Gasteiger partial charge in [0.15, 0.2) is 11.9 Å². The Labute approximate surface area is 143 Å². The Morgan fingerprint density at radius 2 is 2.35 bits per heavy atom. The highest BCUT2D eigenvalue weighted by Crippen LogP contribution is 2.37. The molecule has 0 saturated carbocycles. The second-order valence-electron chi connectivity index (χ2n) is 4.36. The zero-order chi connectivity index (χ0) is 17.0. The molecular weight excluding hydrogens is 392 g/mol. The highest BCUT2D eigenvalue weighted by atomic mass is 79.9. The fraction of sp³-hybridized carbons (Fsp3) is 0.231. The van der Waals surface area contributed by atoms with Crippen LogP contribution in [0, 0.1) is 11.3 Å². The summed E-state index contributed by atoms with van der Waals surface area (Å²) >= 11 is 9.41. The van der Waals surface area contributed by atoms with Crippen molar-refractivity contribution in [3.05, 3.63) is 32.2 Å². The lowest BCUT2D eigenvalue weighted by Gasteiger charge is -2.16. The minimum absolute atomic E-state index is 0.0707. The van der Waals surface area contributed by atoms with Crippen molar-refractivity contribution in [1.82, 2.24) is 9.97 Å². The first-order valence-corrected chi connectivity index (χ1v) is 7.42. The molecule has 120 valence electrons. The van der Waals surface area contributed by atoms with Crippen molar-refractivity contribution in [1.29, 1.82) is 5.26 Å². The Kier molecular flexibility index (Phi) is 5.41. The maximum atomic E-state index is 12.0. The van der Waals surface area contributed by atoms with Crippen LogP contribution in [0.1, 0.15) is 6.42 Å². The number of carbonyl (C=O) groups excluding carboxylic acids is 1. The summed E-state index contributed by atoms with van der Waals surface area (Å²) in [6.07, 6.45) is -0.790. The van der Waals surface area contributed by atoms with Gasteiger partial charge in [0.1, 0.15) is 12.0 Å². The van der Waals surface area contributed by atoms with Crippen LogP contribution in [0.25, 0.3) is 10.9 Å². The molecule has 0 fully saturated rings. The number of primary amides is 1. The summed E-state index contributed by atoms with van der Waals surface area (Å²) in [7, 11) is 0. The number of amides is 1. The summed E-state index contributed by atoms with van der Waals surface area (Å²) in [4.78, 5) is 29.3. The first kappa shape index (κ1) is 17.1. The van der Waals surface area contributed by atoms with E-state index in [-0.39, 0.29) is 29.2 Å². The lowest BCUT2D eigenvalue weighted by atomic mass is 10.2. The van der Waals surface area contributed by atoms with Gasteiger partial charge < -0.3 is 20.2 Å². The third kappa shape index (κ3) is 3.91. The molecule has 0 saturated heterocycles. The predicted molar refractivity (Wildman–Crippen MR) is 85.3 cm³/mol. The van der Waals surface area contributed by atoms with Gasteiger partial charge in [0, 0.05) is 4.47 Å². The molecule has 1 amide bonds. The number of aromatic nitrogens is 2. The Morgan fingerprint density at radius 1 is 1.61 bits per heavy atom. The van der Waals surface area contributed by atoms with Gasteiger partial charge in [-0.2, -0.15) is 5.26 Å². The topological polar surface area (TPSA) is 131 Å². The van der Waals surface area contributed by atoms with Gasteiger partial charge in [-0.05, 0) is 22.0 Å².